The second kappa shape index (κ2) is 6.95. The monoisotopic (exact) mass is 346 g/mol. The highest BCUT2D eigenvalue weighted by molar-refractivity contribution is 5.96. The minimum atomic E-state index is -0.233. The zero-order valence-corrected chi connectivity index (χ0v) is 15.4. The number of anilines is 1. The number of hydrogen-bond acceptors (Lipinski definition) is 6. The third-order valence-electron chi connectivity index (χ3n) is 5.29. The van der Waals surface area contributed by atoms with Gasteiger partial charge in [-0.1, -0.05) is 6.92 Å². The fourth-order valence-corrected chi connectivity index (χ4v) is 3.68. The van der Waals surface area contributed by atoms with Crippen LogP contribution in [-0.2, 0) is 11.2 Å². The summed E-state index contributed by atoms with van der Waals surface area (Å²) >= 11 is 0. The van der Waals surface area contributed by atoms with Crippen molar-refractivity contribution in [2.45, 2.75) is 32.9 Å². The molecule has 1 unspecified atom stereocenters. The molecular formula is C17H26N6O2. The predicted octanol–water partition coefficient (Wildman–Crippen LogP) is 0.709. The lowest BCUT2D eigenvalue weighted by Crippen LogP contribution is -2.62. The van der Waals surface area contributed by atoms with Crippen LogP contribution in [0, 0.1) is 6.92 Å². The molecule has 8 nitrogen and oxygen atoms in total. The number of aryl methyl sites for hydroxylation is 1. The molecule has 0 spiro atoms. The van der Waals surface area contributed by atoms with Gasteiger partial charge in [0.25, 0.3) is 0 Å². The third kappa shape index (κ3) is 3.18. The van der Waals surface area contributed by atoms with Gasteiger partial charge in [-0.05, 0) is 13.3 Å². The molecule has 136 valence electrons. The maximum atomic E-state index is 12.2. The first-order valence-electron chi connectivity index (χ1n) is 8.76. The van der Waals surface area contributed by atoms with E-state index in [0.717, 1.165) is 44.1 Å². The van der Waals surface area contributed by atoms with Gasteiger partial charge >= 0.3 is 6.03 Å². The van der Waals surface area contributed by atoms with Gasteiger partial charge in [0.05, 0.1) is 12.6 Å². The first-order chi connectivity index (χ1) is 11.9. The second-order valence-corrected chi connectivity index (χ2v) is 6.67. The molecule has 3 heterocycles. The van der Waals surface area contributed by atoms with Crippen LogP contribution in [0.4, 0.5) is 10.6 Å². The summed E-state index contributed by atoms with van der Waals surface area (Å²) in [6, 6.07) is -0.233. The van der Waals surface area contributed by atoms with E-state index < -0.39 is 0 Å². The highest BCUT2D eigenvalue weighted by Crippen LogP contribution is 2.24. The zero-order chi connectivity index (χ0) is 18.1. The Kier molecular flexibility index (Phi) is 4.89. The van der Waals surface area contributed by atoms with Gasteiger partial charge in [-0.25, -0.2) is 14.8 Å². The van der Waals surface area contributed by atoms with E-state index in [2.05, 4.69) is 26.7 Å². The summed E-state index contributed by atoms with van der Waals surface area (Å²) in [4.78, 5) is 40.4. The lowest BCUT2D eigenvalue weighted by Gasteiger charge is -2.46. The normalized spacial score (nSPS) is 22.7. The lowest BCUT2D eigenvalue weighted by atomic mass is 10.1. The van der Waals surface area contributed by atoms with Gasteiger partial charge < -0.3 is 9.80 Å². The lowest BCUT2D eigenvalue weighted by molar-refractivity contribution is -0.134. The van der Waals surface area contributed by atoms with E-state index in [4.69, 9.17) is 0 Å². The molecule has 2 fully saturated rings. The Labute approximate surface area is 148 Å². The van der Waals surface area contributed by atoms with Crippen LogP contribution >= 0.6 is 0 Å². The molecule has 2 aliphatic heterocycles. The van der Waals surface area contributed by atoms with Gasteiger partial charge in [0.15, 0.2) is 0 Å². The van der Waals surface area contributed by atoms with E-state index in [1.165, 1.54) is 10.5 Å². The quantitative estimate of drug-likeness (QED) is 0.803. The Hall–Kier alpha value is -2.22. The molecule has 2 aliphatic rings. The maximum Gasteiger partial charge on any atom is 0.327 e. The van der Waals surface area contributed by atoms with Crippen LogP contribution in [0.15, 0.2) is 6.33 Å². The Bertz CT molecular complexity index is 671. The van der Waals surface area contributed by atoms with Crippen molar-refractivity contribution in [1.82, 2.24) is 24.7 Å². The van der Waals surface area contributed by atoms with Gasteiger partial charge in [-0.15, -0.1) is 0 Å². The first kappa shape index (κ1) is 17.6. The number of nitrogens with zero attached hydrogens (tertiary/aromatic N) is 6. The number of aromatic nitrogens is 2. The van der Waals surface area contributed by atoms with E-state index in [9.17, 15) is 9.59 Å². The summed E-state index contributed by atoms with van der Waals surface area (Å²) in [5, 5.41) is 0. The van der Waals surface area contributed by atoms with E-state index in [1.807, 2.05) is 6.92 Å². The first-order valence-corrected chi connectivity index (χ1v) is 8.76. The van der Waals surface area contributed by atoms with Crippen LogP contribution in [0.1, 0.15) is 24.6 Å². The van der Waals surface area contributed by atoms with Crippen molar-refractivity contribution in [3.63, 3.8) is 0 Å². The summed E-state index contributed by atoms with van der Waals surface area (Å²) in [5.41, 5.74) is 2.22. The molecule has 0 aliphatic carbocycles. The molecule has 0 aromatic carbocycles. The van der Waals surface area contributed by atoms with E-state index in [0.29, 0.717) is 6.42 Å². The molecule has 0 radical (unpaired) electrons. The van der Waals surface area contributed by atoms with E-state index in [-0.39, 0.29) is 18.1 Å². The summed E-state index contributed by atoms with van der Waals surface area (Å²) in [7, 11) is 3.31. The average molecular weight is 346 g/mol. The van der Waals surface area contributed by atoms with Crippen molar-refractivity contribution in [1.29, 1.82) is 0 Å². The van der Waals surface area contributed by atoms with Crippen LogP contribution in [0.2, 0.25) is 0 Å². The molecule has 1 aromatic heterocycles. The second-order valence-electron chi connectivity index (χ2n) is 6.67. The molecule has 8 heteroatoms. The Morgan fingerprint density at radius 1 is 1.12 bits per heavy atom. The zero-order valence-electron chi connectivity index (χ0n) is 15.4. The Morgan fingerprint density at radius 3 is 2.44 bits per heavy atom. The number of urea groups is 1. The van der Waals surface area contributed by atoms with Crippen LogP contribution in [0.25, 0.3) is 0 Å². The maximum absolute atomic E-state index is 12.2. The highest BCUT2D eigenvalue weighted by Gasteiger charge is 2.38. The number of imide groups is 1. The van der Waals surface area contributed by atoms with Crippen molar-refractivity contribution in [2.75, 3.05) is 45.2 Å². The molecule has 0 bridgehead atoms. The molecule has 0 N–H and O–H groups in total. The fourth-order valence-electron chi connectivity index (χ4n) is 3.68. The number of hydrogen-bond donors (Lipinski definition) is 0. The van der Waals surface area contributed by atoms with Gasteiger partial charge in [-0.3, -0.25) is 14.6 Å². The molecule has 3 amide bonds. The van der Waals surface area contributed by atoms with Crippen molar-refractivity contribution in [3.8, 4) is 0 Å². The van der Waals surface area contributed by atoms with Crippen molar-refractivity contribution in [3.05, 3.63) is 17.6 Å². The molecule has 1 aromatic rings. The molecule has 1 atom stereocenters. The minimum Gasteiger partial charge on any atom is -0.354 e. The van der Waals surface area contributed by atoms with Crippen LogP contribution in [0.5, 0.6) is 0 Å². The summed E-state index contributed by atoms with van der Waals surface area (Å²) < 4.78 is 0. The molecule has 2 saturated heterocycles. The van der Waals surface area contributed by atoms with E-state index >= 15 is 0 Å². The highest BCUT2D eigenvalue weighted by atomic mass is 16.2. The van der Waals surface area contributed by atoms with Gasteiger partial charge in [-0.2, -0.15) is 0 Å². The van der Waals surface area contributed by atoms with Crippen molar-refractivity contribution < 1.29 is 9.59 Å². The SMILES string of the molecule is CCc1c(C)ncnc1N1CCN(C2CC(=O)N(C)C(=O)N2C)CC1. The molecular weight excluding hydrogens is 320 g/mol. The number of carbonyl (C=O) groups is 2. The average Bonchev–Trinajstić information content (AvgIpc) is 2.63. The topological polar surface area (TPSA) is 72.9 Å². The van der Waals surface area contributed by atoms with Crippen molar-refractivity contribution >= 4 is 17.8 Å². The summed E-state index contributed by atoms with van der Waals surface area (Å²) in [5.74, 6) is 0.897. The minimum absolute atomic E-state index is 0.116. The predicted molar refractivity (Wildman–Crippen MR) is 94.3 cm³/mol. The van der Waals surface area contributed by atoms with Gasteiger partial charge in [0.2, 0.25) is 5.91 Å². The number of piperazine rings is 1. The van der Waals surface area contributed by atoms with Crippen molar-refractivity contribution in [2.24, 2.45) is 0 Å². The van der Waals surface area contributed by atoms with Gasteiger partial charge in [0.1, 0.15) is 12.1 Å². The Morgan fingerprint density at radius 2 is 1.80 bits per heavy atom. The number of rotatable bonds is 3. The molecule has 0 saturated carbocycles. The number of carbonyl (C=O) groups excluding carboxylic acids is 2. The molecule has 25 heavy (non-hydrogen) atoms. The van der Waals surface area contributed by atoms with Gasteiger partial charge in [0, 0.05) is 51.5 Å². The Balaban J connectivity index is 1.69. The van der Waals surface area contributed by atoms with Crippen LogP contribution in [0.3, 0.4) is 0 Å². The van der Waals surface area contributed by atoms with Crippen LogP contribution in [-0.4, -0.2) is 83.0 Å². The standard InChI is InChI=1S/C17H26N6O2/c1-5-13-12(2)18-11-19-16(13)23-8-6-22(7-9-23)14-10-15(24)21(4)17(25)20(14)3/h11,14H,5-10H2,1-4H3. The third-order valence-corrected chi connectivity index (χ3v) is 5.29. The largest absolute Gasteiger partial charge is 0.354 e. The van der Waals surface area contributed by atoms with E-state index in [1.54, 1.807) is 25.3 Å². The number of amides is 3. The fraction of sp³-hybridized carbons (Fsp3) is 0.647. The summed E-state index contributed by atoms with van der Waals surface area (Å²) in [6.07, 6.45) is 2.73. The van der Waals surface area contributed by atoms with Crippen LogP contribution < -0.4 is 4.90 Å². The smallest absolute Gasteiger partial charge is 0.327 e. The molecule has 3 rings (SSSR count). The summed E-state index contributed by atoms with van der Waals surface area (Å²) in [6.45, 7) is 7.39.